The Morgan fingerprint density at radius 2 is 1.91 bits per heavy atom. The highest BCUT2D eigenvalue weighted by Crippen LogP contribution is 2.30. The Morgan fingerprint density at radius 1 is 1.17 bits per heavy atom. The van der Waals surface area contributed by atoms with Gasteiger partial charge in [0, 0.05) is 0 Å². The van der Waals surface area contributed by atoms with Gasteiger partial charge in [0.05, 0.1) is 12.5 Å². The van der Waals surface area contributed by atoms with Gasteiger partial charge in [0.1, 0.15) is 5.75 Å². The highest BCUT2D eigenvalue weighted by Gasteiger charge is 2.23. The number of hydrogen-bond acceptors (Lipinski definition) is 2. The van der Waals surface area contributed by atoms with Crippen molar-refractivity contribution < 1.29 is 18.3 Å². The highest BCUT2D eigenvalue weighted by molar-refractivity contribution is 5.79. The Hall–Kier alpha value is -2.43. The van der Waals surface area contributed by atoms with Crippen molar-refractivity contribution in [2.45, 2.75) is 31.9 Å². The van der Waals surface area contributed by atoms with E-state index in [1.165, 1.54) is 23.3 Å². The predicted octanol–water partition coefficient (Wildman–Crippen LogP) is 3.63. The standard InChI is InChI=1S/C18H17F2NO2/c19-18(20)23-14-8-5-12(6-9-14)11-17(22)21-16-10-7-13-3-1-2-4-15(13)16/h1-6,8-9,16,18H,7,10-11H2,(H,21,22). The number of nitrogens with one attached hydrogen (secondary N) is 1. The fourth-order valence-electron chi connectivity index (χ4n) is 2.93. The zero-order chi connectivity index (χ0) is 16.2. The predicted molar refractivity (Wildman–Crippen MR) is 82.4 cm³/mol. The number of aryl methyl sites for hydroxylation is 1. The lowest BCUT2D eigenvalue weighted by molar-refractivity contribution is -0.121. The van der Waals surface area contributed by atoms with E-state index >= 15 is 0 Å². The molecule has 0 saturated heterocycles. The van der Waals surface area contributed by atoms with Crippen molar-refractivity contribution in [2.24, 2.45) is 0 Å². The van der Waals surface area contributed by atoms with Crippen LogP contribution in [0.3, 0.4) is 0 Å². The van der Waals surface area contributed by atoms with Gasteiger partial charge in [0.15, 0.2) is 0 Å². The van der Waals surface area contributed by atoms with Crippen LogP contribution in [-0.2, 0) is 17.6 Å². The Bertz CT molecular complexity index is 686. The van der Waals surface area contributed by atoms with Crippen molar-refractivity contribution in [3.63, 3.8) is 0 Å². The van der Waals surface area contributed by atoms with Gasteiger partial charge >= 0.3 is 6.61 Å². The molecule has 0 saturated carbocycles. The number of rotatable bonds is 5. The van der Waals surface area contributed by atoms with Crippen LogP contribution >= 0.6 is 0 Å². The number of amides is 1. The molecule has 1 amide bonds. The molecular weight excluding hydrogens is 300 g/mol. The van der Waals surface area contributed by atoms with Crippen LogP contribution in [0.1, 0.15) is 29.2 Å². The summed E-state index contributed by atoms with van der Waals surface area (Å²) in [5.41, 5.74) is 3.23. The van der Waals surface area contributed by atoms with Crippen LogP contribution in [0, 0.1) is 0 Å². The maximum Gasteiger partial charge on any atom is 0.387 e. The van der Waals surface area contributed by atoms with Gasteiger partial charge in [-0.2, -0.15) is 8.78 Å². The molecule has 1 atom stereocenters. The van der Waals surface area contributed by atoms with Gasteiger partial charge < -0.3 is 10.1 Å². The minimum absolute atomic E-state index is 0.0557. The minimum Gasteiger partial charge on any atom is -0.435 e. The number of alkyl halides is 2. The van der Waals surface area contributed by atoms with Gasteiger partial charge in [-0.05, 0) is 41.7 Å². The quantitative estimate of drug-likeness (QED) is 0.914. The van der Waals surface area contributed by atoms with Crippen LogP contribution in [0.2, 0.25) is 0 Å². The van der Waals surface area contributed by atoms with Crippen LogP contribution in [0.25, 0.3) is 0 Å². The smallest absolute Gasteiger partial charge is 0.387 e. The van der Waals surface area contributed by atoms with Crippen molar-refractivity contribution in [2.75, 3.05) is 0 Å². The first-order valence-electron chi connectivity index (χ1n) is 7.53. The fourth-order valence-corrected chi connectivity index (χ4v) is 2.93. The van der Waals surface area contributed by atoms with Gasteiger partial charge in [-0.3, -0.25) is 4.79 Å². The summed E-state index contributed by atoms with van der Waals surface area (Å²) < 4.78 is 28.5. The summed E-state index contributed by atoms with van der Waals surface area (Å²) in [6, 6.07) is 14.3. The Labute approximate surface area is 133 Å². The average molecular weight is 317 g/mol. The summed E-state index contributed by atoms with van der Waals surface area (Å²) in [4.78, 5) is 12.2. The summed E-state index contributed by atoms with van der Waals surface area (Å²) in [7, 11) is 0. The summed E-state index contributed by atoms with van der Waals surface area (Å²) in [5, 5.41) is 3.04. The van der Waals surface area contributed by atoms with Crippen LogP contribution in [0.15, 0.2) is 48.5 Å². The van der Waals surface area contributed by atoms with E-state index in [-0.39, 0.29) is 24.1 Å². The van der Waals surface area contributed by atoms with Gasteiger partial charge in [-0.15, -0.1) is 0 Å². The van der Waals surface area contributed by atoms with E-state index in [2.05, 4.69) is 16.1 Å². The monoisotopic (exact) mass is 317 g/mol. The average Bonchev–Trinajstić information content (AvgIpc) is 2.92. The van der Waals surface area contributed by atoms with E-state index in [0.717, 1.165) is 18.4 Å². The van der Waals surface area contributed by atoms with E-state index in [9.17, 15) is 13.6 Å². The molecule has 120 valence electrons. The molecule has 1 aliphatic rings. The number of carbonyl (C=O) groups is 1. The van der Waals surface area contributed by atoms with Crippen LogP contribution in [0.5, 0.6) is 5.75 Å². The summed E-state index contributed by atoms with van der Waals surface area (Å²) in [6.45, 7) is -2.84. The zero-order valence-electron chi connectivity index (χ0n) is 12.5. The van der Waals surface area contributed by atoms with Crippen molar-refractivity contribution in [1.82, 2.24) is 5.32 Å². The molecule has 0 heterocycles. The normalized spacial score (nSPS) is 16.2. The van der Waals surface area contributed by atoms with Crippen LogP contribution < -0.4 is 10.1 Å². The summed E-state index contributed by atoms with van der Waals surface area (Å²) in [6.07, 6.45) is 2.10. The molecule has 2 aromatic carbocycles. The molecule has 5 heteroatoms. The van der Waals surface area contributed by atoms with E-state index < -0.39 is 6.61 Å². The molecule has 0 spiro atoms. The van der Waals surface area contributed by atoms with E-state index in [1.807, 2.05) is 18.2 Å². The number of benzene rings is 2. The molecular formula is C18H17F2NO2. The van der Waals surface area contributed by atoms with Crippen molar-refractivity contribution in [1.29, 1.82) is 0 Å². The van der Waals surface area contributed by atoms with Crippen molar-refractivity contribution >= 4 is 5.91 Å². The Kier molecular flexibility index (Phi) is 4.55. The lowest BCUT2D eigenvalue weighted by atomic mass is 10.1. The zero-order valence-corrected chi connectivity index (χ0v) is 12.5. The molecule has 1 aliphatic carbocycles. The van der Waals surface area contributed by atoms with E-state index in [1.54, 1.807) is 12.1 Å². The summed E-state index contributed by atoms with van der Waals surface area (Å²) in [5.74, 6) is 0.0168. The fraction of sp³-hybridized carbons (Fsp3) is 0.278. The number of fused-ring (bicyclic) bond motifs is 1. The molecule has 2 aromatic rings. The molecule has 0 bridgehead atoms. The Morgan fingerprint density at radius 3 is 2.65 bits per heavy atom. The van der Waals surface area contributed by atoms with Crippen molar-refractivity contribution in [3.8, 4) is 5.75 Å². The third kappa shape index (κ3) is 3.86. The molecule has 1 unspecified atom stereocenters. The summed E-state index contributed by atoms with van der Waals surface area (Å²) >= 11 is 0. The van der Waals surface area contributed by atoms with Gasteiger partial charge in [-0.25, -0.2) is 0 Å². The topological polar surface area (TPSA) is 38.3 Å². The third-order valence-corrected chi connectivity index (χ3v) is 3.98. The number of halogens is 2. The molecule has 0 aromatic heterocycles. The molecule has 0 aliphatic heterocycles. The van der Waals surface area contributed by atoms with Gasteiger partial charge in [0.25, 0.3) is 0 Å². The Balaban J connectivity index is 1.58. The first-order chi connectivity index (χ1) is 11.1. The molecule has 3 rings (SSSR count). The molecule has 0 radical (unpaired) electrons. The molecule has 1 N–H and O–H groups in total. The first-order valence-corrected chi connectivity index (χ1v) is 7.53. The van der Waals surface area contributed by atoms with Gasteiger partial charge in [0.2, 0.25) is 5.91 Å². The lowest BCUT2D eigenvalue weighted by Gasteiger charge is -2.14. The maximum absolute atomic E-state index is 12.2. The lowest BCUT2D eigenvalue weighted by Crippen LogP contribution is -2.28. The van der Waals surface area contributed by atoms with Crippen LogP contribution in [-0.4, -0.2) is 12.5 Å². The second-order valence-electron chi connectivity index (χ2n) is 5.56. The number of hydrogen-bond donors (Lipinski definition) is 1. The number of ether oxygens (including phenoxy) is 1. The van der Waals surface area contributed by atoms with Crippen LogP contribution in [0.4, 0.5) is 8.78 Å². The molecule has 0 fully saturated rings. The van der Waals surface area contributed by atoms with Gasteiger partial charge in [-0.1, -0.05) is 36.4 Å². The number of carbonyl (C=O) groups excluding carboxylic acids is 1. The van der Waals surface area contributed by atoms with E-state index in [0.29, 0.717) is 0 Å². The second kappa shape index (κ2) is 6.77. The minimum atomic E-state index is -2.84. The molecule has 3 nitrogen and oxygen atoms in total. The first kappa shape index (κ1) is 15.5. The molecule has 23 heavy (non-hydrogen) atoms. The largest absolute Gasteiger partial charge is 0.435 e. The van der Waals surface area contributed by atoms with Crippen molar-refractivity contribution in [3.05, 3.63) is 65.2 Å². The second-order valence-corrected chi connectivity index (χ2v) is 5.56. The SMILES string of the molecule is O=C(Cc1ccc(OC(F)F)cc1)NC1CCc2ccccc21. The highest BCUT2D eigenvalue weighted by atomic mass is 19.3. The maximum atomic E-state index is 12.2. The third-order valence-electron chi connectivity index (χ3n) is 3.98. The van der Waals surface area contributed by atoms with E-state index in [4.69, 9.17) is 0 Å².